The van der Waals surface area contributed by atoms with Crippen LogP contribution in [0.15, 0.2) is 0 Å². The molecule has 0 aromatic heterocycles. The second-order valence-electron chi connectivity index (χ2n) is 4.04. The molecule has 0 spiro atoms. The molecule has 0 bridgehead atoms. The third-order valence-electron chi connectivity index (χ3n) is 1.88. The maximum absolute atomic E-state index is 6.16. The summed E-state index contributed by atoms with van der Waals surface area (Å²) in [7, 11) is 3.65. The maximum atomic E-state index is 6.16. The molecule has 66 valence electrons. The van der Waals surface area contributed by atoms with Gasteiger partial charge in [-0.15, -0.1) is 0 Å². The summed E-state index contributed by atoms with van der Waals surface area (Å²) in [5.74, 6) is 0. The first kappa shape index (κ1) is 9.73. The Bertz CT molecular complexity index is 137. The van der Waals surface area contributed by atoms with Crippen molar-refractivity contribution in [1.29, 1.82) is 0 Å². The highest BCUT2D eigenvalue weighted by Gasteiger charge is 2.33. The molecule has 4 heteroatoms. The Hall–Kier alpha value is 0.640. The summed E-state index contributed by atoms with van der Waals surface area (Å²) in [6, 6.07) is 0. The molecule has 0 aromatic rings. The van der Waals surface area contributed by atoms with Gasteiger partial charge in [-0.2, -0.15) is 0 Å². The summed E-state index contributed by atoms with van der Waals surface area (Å²) in [6.45, 7) is 6.76. The Morgan fingerprint density at radius 1 is 1.18 bits per heavy atom. The third-order valence-corrected chi connectivity index (χ3v) is 4.84. The molecule has 2 nitrogen and oxygen atoms in total. The van der Waals surface area contributed by atoms with Crippen LogP contribution in [0.3, 0.4) is 0 Å². The van der Waals surface area contributed by atoms with E-state index in [9.17, 15) is 0 Å². The van der Waals surface area contributed by atoms with Gasteiger partial charge in [-0.1, -0.05) is 25.1 Å². The lowest BCUT2D eigenvalue weighted by Gasteiger charge is -2.44. The second-order valence-corrected chi connectivity index (χ2v) is 6.79. The van der Waals surface area contributed by atoms with Crippen LogP contribution in [0.4, 0.5) is 0 Å². The Balaban J connectivity index is 2.62. The van der Waals surface area contributed by atoms with Gasteiger partial charge in [0.25, 0.3) is 0 Å². The van der Waals surface area contributed by atoms with Crippen molar-refractivity contribution in [2.45, 2.75) is 13.8 Å². The van der Waals surface area contributed by atoms with E-state index in [0.717, 1.165) is 13.1 Å². The van der Waals surface area contributed by atoms with Crippen molar-refractivity contribution in [3.05, 3.63) is 0 Å². The van der Waals surface area contributed by atoms with Crippen molar-refractivity contribution in [3.8, 4) is 0 Å². The standard InChI is InChI=1S/C7H16ClN2P/c1-7(2)5-9(3)11(8)10(4)6-7/h5-6H2,1-4H3. The lowest BCUT2D eigenvalue weighted by atomic mass is 9.93. The summed E-state index contributed by atoms with van der Waals surface area (Å²) in [4.78, 5) is 0. The molecule has 0 saturated carbocycles. The largest absolute Gasteiger partial charge is 0.260 e. The molecule has 1 rings (SSSR count). The van der Waals surface area contributed by atoms with Gasteiger partial charge in [0.15, 0.2) is 0 Å². The molecule has 1 aliphatic heterocycles. The van der Waals surface area contributed by atoms with Crippen LogP contribution < -0.4 is 0 Å². The van der Waals surface area contributed by atoms with Crippen LogP contribution in [-0.2, 0) is 0 Å². The molecule has 1 aliphatic rings. The SMILES string of the molecule is CN1CC(C)(C)CN(C)P1Cl. The minimum Gasteiger partial charge on any atom is -0.260 e. The van der Waals surface area contributed by atoms with Crippen molar-refractivity contribution < 1.29 is 0 Å². The molecule has 1 heterocycles. The Labute approximate surface area is 75.2 Å². The zero-order valence-electron chi connectivity index (χ0n) is 7.63. The van der Waals surface area contributed by atoms with Crippen molar-refractivity contribution in [2.75, 3.05) is 27.2 Å². The highest BCUT2D eigenvalue weighted by molar-refractivity contribution is 7.80. The number of rotatable bonds is 0. The predicted molar refractivity (Wildman–Crippen MR) is 51.8 cm³/mol. The molecular formula is C7H16ClN2P. The first-order valence-corrected chi connectivity index (χ1v) is 5.96. The Morgan fingerprint density at radius 2 is 1.55 bits per heavy atom. The van der Waals surface area contributed by atoms with Gasteiger partial charge in [0.1, 0.15) is 7.58 Å². The van der Waals surface area contributed by atoms with Crippen molar-refractivity contribution in [3.63, 3.8) is 0 Å². The molecule has 1 fully saturated rings. The molecule has 0 aliphatic carbocycles. The van der Waals surface area contributed by atoms with Gasteiger partial charge >= 0.3 is 0 Å². The van der Waals surface area contributed by atoms with Crippen molar-refractivity contribution in [2.24, 2.45) is 5.41 Å². The molecule has 0 N–H and O–H groups in total. The smallest absolute Gasteiger partial charge is 0.139 e. The minimum atomic E-state index is -0.534. The van der Waals surface area contributed by atoms with Gasteiger partial charge in [0.05, 0.1) is 0 Å². The lowest BCUT2D eigenvalue weighted by Crippen LogP contribution is -2.43. The van der Waals surface area contributed by atoms with E-state index in [1.807, 2.05) is 0 Å². The highest BCUT2D eigenvalue weighted by atomic mass is 35.7. The Morgan fingerprint density at radius 3 is 1.91 bits per heavy atom. The fraction of sp³-hybridized carbons (Fsp3) is 1.00. The molecule has 0 atom stereocenters. The zero-order chi connectivity index (χ0) is 8.65. The fourth-order valence-corrected chi connectivity index (χ4v) is 3.51. The quantitative estimate of drug-likeness (QED) is 0.547. The average Bonchev–Trinajstić information content (AvgIpc) is 1.81. The van der Waals surface area contributed by atoms with Crippen LogP contribution in [0, 0.1) is 5.41 Å². The van der Waals surface area contributed by atoms with Crippen LogP contribution in [0.25, 0.3) is 0 Å². The lowest BCUT2D eigenvalue weighted by molar-refractivity contribution is 0.208. The normalized spacial score (nSPS) is 29.2. The summed E-state index contributed by atoms with van der Waals surface area (Å²) >= 11 is 6.16. The van der Waals surface area contributed by atoms with Crippen molar-refractivity contribution >= 4 is 18.8 Å². The van der Waals surface area contributed by atoms with Crippen LogP contribution in [-0.4, -0.2) is 36.5 Å². The molecule has 0 radical (unpaired) electrons. The van der Waals surface area contributed by atoms with Gasteiger partial charge in [0, 0.05) is 13.1 Å². The number of hydrogen-bond donors (Lipinski definition) is 0. The van der Waals surface area contributed by atoms with Crippen LogP contribution in [0.5, 0.6) is 0 Å². The summed E-state index contributed by atoms with van der Waals surface area (Å²) < 4.78 is 4.47. The van der Waals surface area contributed by atoms with E-state index in [1.165, 1.54) is 0 Å². The predicted octanol–water partition coefficient (Wildman–Crippen LogP) is 2.36. The maximum Gasteiger partial charge on any atom is 0.139 e. The van der Waals surface area contributed by atoms with E-state index in [1.54, 1.807) is 0 Å². The first-order chi connectivity index (χ1) is 4.92. The van der Waals surface area contributed by atoms with E-state index < -0.39 is 7.58 Å². The second kappa shape index (κ2) is 3.18. The average molecular weight is 195 g/mol. The topological polar surface area (TPSA) is 6.48 Å². The van der Waals surface area contributed by atoms with Gasteiger partial charge in [-0.3, -0.25) is 9.34 Å². The van der Waals surface area contributed by atoms with Crippen molar-refractivity contribution in [1.82, 2.24) is 9.34 Å². The Kier molecular flexibility index (Phi) is 2.81. The minimum absolute atomic E-state index is 0.386. The molecule has 1 saturated heterocycles. The third kappa shape index (κ3) is 2.29. The van der Waals surface area contributed by atoms with Gasteiger partial charge in [-0.25, -0.2) is 0 Å². The van der Waals surface area contributed by atoms with E-state index in [2.05, 4.69) is 37.3 Å². The fourth-order valence-electron chi connectivity index (χ4n) is 1.67. The first-order valence-electron chi connectivity index (χ1n) is 3.80. The summed E-state index contributed by atoms with van der Waals surface area (Å²) in [6.07, 6.45) is 0. The van der Waals surface area contributed by atoms with Gasteiger partial charge in [-0.05, 0) is 19.5 Å². The molecule has 0 amide bonds. The van der Waals surface area contributed by atoms with E-state index in [0.29, 0.717) is 5.41 Å². The van der Waals surface area contributed by atoms with Crippen LogP contribution >= 0.6 is 18.8 Å². The van der Waals surface area contributed by atoms with Crippen LogP contribution in [0.2, 0.25) is 0 Å². The van der Waals surface area contributed by atoms with E-state index in [-0.39, 0.29) is 0 Å². The van der Waals surface area contributed by atoms with Crippen LogP contribution in [0.1, 0.15) is 13.8 Å². The summed E-state index contributed by atoms with van der Waals surface area (Å²) in [5, 5.41) is 0. The van der Waals surface area contributed by atoms with Gasteiger partial charge < -0.3 is 0 Å². The zero-order valence-corrected chi connectivity index (χ0v) is 9.28. The van der Waals surface area contributed by atoms with E-state index >= 15 is 0 Å². The molecule has 11 heavy (non-hydrogen) atoms. The van der Waals surface area contributed by atoms with Gasteiger partial charge in [0.2, 0.25) is 0 Å². The van der Waals surface area contributed by atoms with E-state index in [4.69, 9.17) is 11.2 Å². The molecular weight excluding hydrogens is 179 g/mol. The highest BCUT2D eigenvalue weighted by Crippen LogP contribution is 2.52. The molecule has 0 aromatic carbocycles. The summed E-state index contributed by atoms with van der Waals surface area (Å²) in [5.41, 5.74) is 0.386. The number of hydrogen-bond acceptors (Lipinski definition) is 2. The number of nitrogens with zero attached hydrogens (tertiary/aromatic N) is 2. The molecule has 0 unspecified atom stereocenters. The number of halogens is 1. The monoisotopic (exact) mass is 194 g/mol.